The van der Waals surface area contributed by atoms with Crippen molar-refractivity contribution in [2.24, 2.45) is 0 Å². The first kappa shape index (κ1) is 15.0. The van der Waals surface area contributed by atoms with Gasteiger partial charge in [-0.25, -0.2) is 0 Å². The van der Waals surface area contributed by atoms with Gasteiger partial charge in [0.15, 0.2) is 0 Å². The maximum Gasteiger partial charge on any atom is 0.146 e. The normalized spacial score (nSPS) is 10.1. The Kier molecular flexibility index (Phi) is 4.93. The van der Waals surface area contributed by atoms with E-state index in [0.29, 0.717) is 0 Å². The Balaban J connectivity index is 2.40. The van der Waals surface area contributed by atoms with E-state index in [4.69, 9.17) is 14.2 Å². The Morgan fingerprint density at radius 3 is 1.95 bits per heavy atom. The third kappa shape index (κ3) is 3.21. The molecule has 0 aliphatic carbocycles. The summed E-state index contributed by atoms with van der Waals surface area (Å²) in [5.41, 5.74) is 2.09. The molecule has 2 aromatic rings. The molecule has 0 amide bonds. The van der Waals surface area contributed by atoms with E-state index < -0.39 is 0 Å². The van der Waals surface area contributed by atoms with Crippen molar-refractivity contribution in [3.8, 4) is 17.2 Å². The first-order valence-electron chi connectivity index (χ1n) is 6.87. The lowest BCUT2D eigenvalue weighted by Crippen LogP contribution is -2.16. The maximum atomic E-state index is 5.49. The van der Waals surface area contributed by atoms with Crippen molar-refractivity contribution in [2.75, 3.05) is 32.8 Å². The molecule has 4 heteroatoms. The van der Waals surface area contributed by atoms with Crippen LogP contribution in [-0.4, -0.2) is 27.9 Å². The summed E-state index contributed by atoms with van der Waals surface area (Å²) >= 11 is 0. The Morgan fingerprint density at radius 1 is 0.810 bits per heavy atom. The molecular weight excluding hydrogens is 266 g/mol. The molecule has 0 heterocycles. The molecule has 0 radical (unpaired) electrons. The number of rotatable bonds is 6. The van der Waals surface area contributed by atoms with Gasteiger partial charge in [-0.05, 0) is 43.3 Å². The van der Waals surface area contributed by atoms with Crippen molar-refractivity contribution >= 4 is 11.4 Å². The zero-order valence-electron chi connectivity index (χ0n) is 12.9. The Bertz CT molecular complexity index is 581. The SMILES string of the molecule is CCN(c1ccc(OC)cc1)c1ccc(OC)cc1OC. The maximum absolute atomic E-state index is 5.49. The summed E-state index contributed by atoms with van der Waals surface area (Å²) < 4.78 is 15.9. The van der Waals surface area contributed by atoms with Gasteiger partial charge in [0.2, 0.25) is 0 Å². The molecule has 0 spiro atoms. The highest BCUT2D eigenvalue weighted by Crippen LogP contribution is 2.36. The lowest BCUT2D eigenvalue weighted by molar-refractivity contribution is 0.395. The molecule has 0 unspecified atom stereocenters. The van der Waals surface area contributed by atoms with Crippen LogP contribution >= 0.6 is 0 Å². The summed E-state index contributed by atoms with van der Waals surface area (Å²) in [6.45, 7) is 2.93. The van der Waals surface area contributed by atoms with Crippen molar-refractivity contribution in [2.45, 2.75) is 6.92 Å². The molecule has 0 aliphatic rings. The summed E-state index contributed by atoms with van der Waals surface area (Å²) in [4.78, 5) is 2.18. The van der Waals surface area contributed by atoms with E-state index in [9.17, 15) is 0 Å². The molecule has 2 rings (SSSR count). The smallest absolute Gasteiger partial charge is 0.146 e. The number of hydrogen-bond donors (Lipinski definition) is 0. The van der Waals surface area contributed by atoms with Crippen molar-refractivity contribution in [3.05, 3.63) is 42.5 Å². The average Bonchev–Trinajstić information content (AvgIpc) is 2.56. The van der Waals surface area contributed by atoms with Gasteiger partial charge >= 0.3 is 0 Å². The van der Waals surface area contributed by atoms with Gasteiger partial charge in [0.25, 0.3) is 0 Å². The van der Waals surface area contributed by atoms with Gasteiger partial charge in [-0.1, -0.05) is 0 Å². The second kappa shape index (κ2) is 6.88. The fraction of sp³-hybridized carbons (Fsp3) is 0.294. The number of benzene rings is 2. The van der Waals surface area contributed by atoms with Gasteiger partial charge in [0, 0.05) is 18.3 Å². The van der Waals surface area contributed by atoms with Crippen LogP contribution in [0.2, 0.25) is 0 Å². The van der Waals surface area contributed by atoms with Crippen LogP contribution in [0.1, 0.15) is 6.92 Å². The molecule has 4 nitrogen and oxygen atoms in total. The highest BCUT2D eigenvalue weighted by Gasteiger charge is 2.13. The summed E-state index contributed by atoms with van der Waals surface area (Å²) in [7, 11) is 4.98. The molecule has 2 aromatic carbocycles. The van der Waals surface area contributed by atoms with E-state index in [1.165, 1.54) is 0 Å². The second-order valence-electron chi connectivity index (χ2n) is 4.48. The van der Waals surface area contributed by atoms with Crippen LogP contribution in [0.4, 0.5) is 11.4 Å². The van der Waals surface area contributed by atoms with Gasteiger partial charge in [0.05, 0.1) is 27.0 Å². The molecular formula is C17H21NO3. The minimum absolute atomic E-state index is 0.779. The van der Waals surface area contributed by atoms with E-state index in [1.807, 2.05) is 42.5 Å². The van der Waals surface area contributed by atoms with Crippen LogP contribution in [0.3, 0.4) is 0 Å². The van der Waals surface area contributed by atoms with Crippen molar-refractivity contribution < 1.29 is 14.2 Å². The summed E-state index contributed by atoms with van der Waals surface area (Å²) in [6.07, 6.45) is 0. The molecule has 0 atom stereocenters. The van der Waals surface area contributed by atoms with Crippen LogP contribution < -0.4 is 19.1 Å². The zero-order chi connectivity index (χ0) is 15.2. The zero-order valence-corrected chi connectivity index (χ0v) is 12.9. The van der Waals surface area contributed by atoms with Crippen molar-refractivity contribution in [1.29, 1.82) is 0 Å². The van der Waals surface area contributed by atoms with Crippen LogP contribution in [0.15, 0.2) is 42.5 Å². The number of ether oxygens (including phenoxy) is 3. The van der Waals surface area contributed by atoms with Gasteiger partial charge in [-0.3, -0.25) is 0 Å². The van der Waals surface area contributed by atoms with E-state index in [1.54, 1.807) is 21.3 Å². The molecule has 0 N–H and O–H groups in total. The molecule has 112 valence electrons. The highest BCUT2D eigenvalue weighted by atomic mass is 16.5. The summed E-state index contributed by atoms with van der Waals surface area (Å²) in [5.74, 6) is 2.41. The van der Waals surface area contributed by atoms with Crippen LogP contribution in [0, 0.1) is 0 Å². The van der Waals surface area contributed by atoms with E-state index in [-0.39, 0.29) is 0 Å². The third-order valence-electron chi connectivity index (χ3n) is 3.38. The molecule has 0 bridgehead atoms. The van der Waals surface area contributed by atoms with Crippen LogP contribution in [-0.2, 0) is 0 Å². The molecule has 0 aromatic heterocycles. The molecule has 0 saturated carbocycles. The van der Waals surface area contributed by atoms with Gasteiger partial charge in [-0.2, -0.15) is 0 Å². The fourth-order valence-corrected chi connectivity index (χ4v) is 2.26. The van der Waals surface area contributed by atoms with Crippen LogP contribution in [0.25, 0.3) is 0 Å². The van der Waals surface area contributed by atoms with Crippen molar-refractivity contribution in [3.63, 3.8) is 0 Å². The average molecular weight is 287 g/mol. The largest absolute Gasteiger partial charge is 0.497 e. The van der Waals surface area contributed by atoms with Gasteiger partial charge < -0.3 is 19.1 Å². The van der Waals surface area contributed by atoms with E-state index >= 15 is 0 Å². The number of anilines is 2. The molecule has 21 heavy (non-hydrogen) atoms. The lowest BCUT2D eigenvalue weighted by Gasteiger charge is -2.25. The summed E-state index contributed by atoms with van der Waals surface area (Å²) in [5, 5.41) is 0. The Morgan fingerprint density at radius 2 is 1.43 bits per heavy atom. The third-order valence-corrected chi connectivity index (χ3v) is 3.38. The minimum atomic E-state index is 0.779. The summed E-state index contributed by atoms with van der Waals surface area (Å²) in [6, 6.07) is 13.8. The topological polar surface area (TPSA) is 30.9 Å². The lowest BCUT2D eigenvalue weighted by atomic mass is 10.2. The monoisotopic (exact) mass is 287 g/mol. The standard InChI is InChI=1S/C17H21NO3/c1-5-18(13-6-8-14(19-2)9-7-13)16-11-10-15(20-3)12-17(16)21-4/h6-12H,5H2,1-4H3. The number of methoxy groups -OCH3 is 3. The molecule has 0 saturated heterocycles. The predicted octanol–water partition coefficient (Wildman–Crippen LogP) is 3.87. The number of hydrogen-bond acceptors (Lipinski definition) is 4. The highest BCUT2D eigenvalue weighted by molar-refractivity contribution is 5.70. The predicted molar refractivity (Wildman–Crippen MR) is 85.2 cm³/mol. The van der Waals surface area contributed by atoms with Crippen LogP contribution in [0.5, 0.6) is 17.2 Å². The van der Waals surface area contributed by atoms with Crippen molar-refractivity contribution in [1.82, 2.24) is 0 Å². The Hall–Kier alpha value is -2.36. The minimum Gasteiger partial charge on any atom is -0.497 e. The van der Waals surface area contributed by atoms with E-state index in [2.05, 4.69) is 11.8 Å². The van der Waals surface area contributed by atoms with E-state index in [0.717, 1.165) is 35.2 Å². The first-order chi connectivity index (χ1) is 10.2. The second-order valence-corrected chi connectivity index (χ2v) is 4.48. The van der Waals surface area contributed by atoms with Gasteiger partial charge in [0.1, 0.15) is 17.2 Å². The molecule has 0 aliphatic heterocycles. The quantitative estimate of drug-likeness (QED) is 0.807. The van der Waals surface area contributed by atoms with Gasteiger partial charge in [-0.15, -0.1) is 0 Å². The number of nitrogens with zero attached hydrogens (tertiary/aromatic N) is 1. The fourth-order valence-electron chi connectivity index (χ4n) is 2.26. The Labute approximate surface area is 125 Å². The first-order valence-corrected chi connectivity index (χ1v) is 6.87. The molecule has 0 fully saturated rings.